The molecule has 0 atom stereocenters. The summed E-state index contributed by atoms with van der Waals surface area (Å²) in [5.74, 6) is 1.89. The maximum Gasteiger partial charge on any atom is 0.264 e. The van der Waals surface area contributed by atoms with Crippen LogP contribution in [0.3, 0.4) is 0 Å². The Kier molecular flexibility index (Phi) is 5.41. The van der Waals surface area contributed by atoms with E-state index in [1.807, 2.05) is 6.92 Å². The number of rotatable bonds is 7. The van der Waals surface area contributed by atoms with Gasteiger partial charge in [-0.1, -0.05) is 23.7 Å². The van der Waals surface area contributed by atoms with Crippen molar-refractivity contribution in [2.45, 2.75) is 33.0 Å². The Balaban J connectivity index is 2.14. The Morgan fingerprint density at radius 1 is 1.38 bits per heavy atom. The van der Waals surface area contributed by atoms with Gasteiger partial charge in [0.15, 0.2) is 23.9 Å². The molecule has 6 nitrogen and oxygen atoms in total. The Bertz CT molecular complexity index is 575. The number of aliphatic hydroxyl groups is 1. The second-order valence-electron chi connectivity index (χ2n) is 4.40. The molecule has 0 aliphatic rings. The van der Waals surface area contributed by atoms with Crippen LogP contribution in [0.4, 0.5) is 0 Å². The average molecular weight is 313 g/mol. The highest BCUT2D eigenvalue weighted by Crippen LogP contribution is 2.35. The molecule has 0 bridgehead atoms. The molecule has 0 aliphatic heterocycles. The maximum absolute atomic E-state index is 9.39. The van der Waals surface area contributed by atoms with E-state index in [4.69, 9.17) is 25.6 Å². The van der Waals surface area contributed by atoms with E-state index in [0.29, 0.717) is 33.8 Å². The fourth-order valence-corrected chi connectivity index (χ4v) is 2.09. The Morgan fingerprint density at radius 2 is 2.19 bits per heavy atom. The normalized spacial score (nSPS) is 10.7. The molecule has 0 saturated heterocycles. The van der Waals surface area contributed by atoms with Gasteiger partial charge in [0.05, 0.1) is 13.7 Å². The number of ether oxygens (including phenoxy) is 2. The van der Waals surface area contributed by atoms with Crippen molar-refractivity contribution in [1.29, 1.82) is 0 Å². The van der Waals surface area contributed by atoms with Crippen molar-refractivity contribution in [2.75, 3.05) is 7.11 Å². The smallest absolute Gasteiger partial charge is 0.264 e. The van der Waals surface area contributed by atoms with Crippen molar-refractivity contribution in [3.63, 3.8) is 0 Å². The molecule has 1 aromatic carbocycles. The zero-order valence-electron chi connectivity index (χ0n) is 11.9. The number of aromatic nitrogens is 2. The van der Waals surface area contributed by atoms with Gasteiger partial charge in [-0.2, -0.15) is 4.98 Å². The average Bonchev–Trinajstić information content (AvgIpc) is 2.93. The van der Waals surface area contributed by atoms with Crippen molar-refractivity contribution < 1.29 is 19.1 Å². The van der Waals surface area contributed by atoms with Crippen LogP contribution in [0.15, 0.2) is 16.7 Å². The molecule has 7 heteroatoms. The van der Waals surface area contributed by atoms with Crippen molar-refractivity contribution >= 4 is 11.6 Å². The van der Waals surface area contributed by atoms with E-state index in [0.717, 1.165) is 12.8 Å². The third-order valence-electron chi connectivity index (χ3n) is 2.81. The van der Waals surface area contributed by atoms with E-state index >= 15 is 0 Å². The van der Waals surface area contributed by atoms with E-state index in [2.05, 4.69) is 10.1 Å². The third-order valence-corrected chi connectivity index (χ3v) is 3.03. The topological polar surface area (TPSA) is 77.6 Å². The number of halogens is 1. The molecular weight excluding hydrogens is 296 g/mol. The quantitative estimate of drug-likeness (QED) is 0.847. The summed E-state index contributed by atoms with van der Waals surface area (Å²) < 4.78 is 16.0. The largest absolute Gasteiger partial charge is 0.493 e. The summed E-state index contributed by atoms with van der Waals surface area (Å²) in [6, 6.07) is 3.24. The van der Waals surface area contributed by atoms with Crippen LogP contribution in [0.5, 0.6) is 11.5 Å². The summed E-state index contributed by atoms with van der Waals surface area (Å²) in [5.41, 5.74) is 0.535. The molecule has 1 heterocycles. The van der Waals surface area contributed by atoms with Crippen molar-refractivity contribution in [3.8, 4) is 11.5 Å². The molecule has 114 valence electrons. The number of methoxy groups -OCH3 is 1. The van der Waals surface area contributed by atoms with E-state index in [1.54, 1.807) is 12.1 Å². The molecule has 2 rings (SSSR count). The molecule has 0 amide bonds. The van der Waals surface area contributed by atoms with Gasteiger partial charge in [0.2, 0.25) is 0 Å². The van der Waals surface area contributed by atoms with Crippen molar-refractivity contribution in [1.82, 2.24) is 10.1 Å². The Hall–Kier alpha value is -1.79. The summed E-state index contributed by atoms with van der Waals surface area (Å²) in [6.07, 6.45) is 1.70. The highest BCUT2D eigenvalue weighted by atomic mass is 35.5. The van der Waals surface area contributed by atoms with Gasteiger partial charge in [0.1, 0.15) is 0 Å². The van der Waals surface area contributed by atoms with Gasteiger partial charge in [0.25, 0.3) is 5.89 Å². The summed E-state index contributed by atoms with van der Waals surface area (Å²) >= 11 is 5.95. The van der Waals surface area contributed by atoms with Crippen LogP contribution < -0.4 is 9.47 Å². The van der Waals surface area contributed by atoms with Gasteiger partial charge in [-0.25, -0.2) is 0 Å². The van der Waals surface area contributed by atoms with Gasteiger partial charge >= 0.3 is 0 Å². The molecular formula is C14H17ClN2O4. The molecule has 0 radical (unpaired) electrons. The minimum atomic E-state index is -0.211. The van der Waals surface area contributed by atoms with Gasteiger partial charge in [-0.3, -0.25) is 0 Å². The zero-order valence-corrected chi connectivity index (χ0v) is 12.7. The lowest BCUT2D eigenvalue weighted by Crippen LogP contribution is -2.02. The first-order chi connectivity index (χ1) is 10.2. The molecule has 1 aromatic heterocycles. The van der Waals surface area contributed by atoms with E-state index in [9.17, 15) is 5.11 Å². The predicted octanol–water partition coefficient (Wildman–Crippen LogP) is 2.76. The summed E-state index contributed by atoms with van der Waals surface area (Å²) in [6.45, 7) is 1.93. The van der Waals surface area contributed by atoms with Gasteiger partial charge < -0.3 is 19.1 Å². The number of hydrogen-bond donors (Lipinski definition) is 1. The fourth-order valence-electron chi connectivity index (χ4n) is 1.86. The van der Waals surface area contributed by atoms with Crippen LogP contribution in [0.1, 0.15) is 30.6 Å². The van der Waals surface area contributed by atoms with Gasteiger partial charge in [-0.05, 0) is 12.5 Å². The van der Waals surface area contributed by atoms with Crippen LogP contribution in [0, 0.1) is 0 Å². The molecule has 0 unspecified atom stereocenters. The zero-order chi connectivity index (χ0) is 15.2. The molecule has 2 aromatic rings. The minimum Gasteiger partial charge on any atom is -0.493 e. The highest BCUT2D eigenvalue weighted by molar-refractivity contribution is 6.30. The third kappa shape index (κ3) is 3.86. The standard InChI is InChI=1S/C14H17ClN2O4/c1-3-4-12-16-13(21-17-12)8-20-14-9(7-18)5-10(15)6-11(14)19-2/h5-6,18H,3-4,7-8H2,1-2H3. The summed E-state index contributed by atoms with van der Waals surface area (Å²) in [5, 5.41) is 13.7. The minimum absolute atomic E-state index is 0.0989. The molecule has 0 spiro atoms. The number of nitrogens with zero attached hydrogens (tertiary/aromatic N) is 2. The lowest BCUT2D eigenvalue weighted by molar-refractivity contribution is 0.220. The number of aryl methyl sites for hydroxylation is 1. The van der Waals surface area contributed by atoms with Crippen molar-refractivity contribution in [2.24, 2.45) is 0 Å². The molecule has 21 heavy (non-hydrogen) atoms. The van der Waals surface area contributed by atoms with E-state index in [-0.39, 0.29) is 13.2 Å². The predicted molar refractivity (Wildman–Crippen MR) is 76.6 cm³/mol. The van der Waals surface area contributed by atoms with Crippen molar-refractivity contribution in [3.05, 3.63) is 34.4 Å². The molecule has 0 fully saturated rings. The van der Waals surface area contributed by atoms with E-state index < -0.39 is 0 Å². The summed E-state index contributed by atoms with van der Waals surface area (Å²) in [7, 11) is 1.51. The van der Waals surface area contributed by atoms with Crippen LogP contribution in [-0.2, 0) is 19.6 Å². The number of benzene rings is 1. The summed E-state index contributed by atoms with van der Waals surface area (Å²) in [4.78, 5) is 4.21. The number of hydrogen-bond acceptors (Lipinski definition) is 6. The fraction of sp³-hybridized carbons (Fsp3) is 0.429. The Morgan fingerprint density at radius 3 is 2.86 bits per heavy atom. The first kappa shape index (κ1) is 15.6. The highest BCUT2D eigenvalue weighted by Gasteiger charge is 2.14. The second-order valence-corrected chi connectivity index (χ2v) is 4.83. The first-order valence-corrected chi connectivity index (χ1v) is 6.97. The molecule has 0 aliphatic carbocycles. The lowest BCUT2D eigenvalue weighted by atomic mass is 10.2. The van der Waals surface area contributed by atoms with Gasteiger partial charge in [-0.15, -0.1) is 0 Å². The SMILES string of the molecule is CCCc1noc(COc2c(CO)cc(Cl)cc2OC)n1. The van der Waals surface area contributed by atoms with Crippen LogP contribution in [0.2, 0.25) is 5.02 Å². The van der Waals surface area contributed by atoms with Crippen LogP contribution in [-0.4, -0.2) is 22.4 Å². The maximum atomic E-state index is 9.39. The molecule has 0 saturated carbocycles. The monoisotopic (exact) mass is 312 g/mol. The molecule has 1 N–H and O–H groups in total. The van der Waals surface area contributed by atoms with E-state index in [1.165, 1.54) is 7.11 Å². The van der Waals surface area contributed by atoms with Gasteiger partial charge in [0, 0.05) is 23.1 Å². The van der Waals surface area contributed by atoms with Crippen LogP contribution in [0.25, 0.3) is 0 Å². The lowest BCUT2D eigenvalue weighted by Gasteiger charge is -2.13. The second kappa shape index (κ2) is 7.28. The Labute approximate surface area is 127 Å². The van der Waals surface area contributed by atoms with Crippen LogP contribution >= 0.6 is 11.6 Å². The first-order valence-electron chi connectivity index (χ1n) is 6.59. The number of aliphatic hydroxyl groups excluding tert-OH is 1.